The highest BCUT2D eigenvalue weighted by atomic mass is 16.6. The molecule has 0 radical (unpaired) electrons. The molecule has 0 bridgehead atoms. The summed E-state index contributed by atoms with van der Waals surface area (Å²) < 4.78 is 21.0. The van der Waals surface area contributed by atoms with Gasteiger partial charge in [0.2, 0.25) is 5.88 Å². The number of hydrogen-bond acceptors (Lipinski definition) is 6. The highest BCUT2D eigenvalue weighted by Gasteiger charge is 1.97. The molecule has 0 aliphatic heterocycles. The van der Waals surface area contributed by atoms with Gasteiger partial charge in [0, 0.05) is 19.7 Å². The van der Waals surface area contributed by atoms with Gasteiger partial charge in [-0.05, 0) is 13.0 Å². The van der Waals surface area contributed by atoms with Gasteiger partial charge in [0.05, 0.1) is 33.0 Å². The summed E-state index contributed by atoms with van der Waals surface area (Å²) in [4.78, 5) is 4.30. The zero-order valence-electron chi connectivity index (χ0n) is 12.3. The van der Waals surface area contributed by atoms with Crippen LogP contribution in [0, 0.1) is 0 Å². The van der Waals surface area contributed by atoms with Gasteiger partial charge in [-0.2, -0.15) is 4.98 Å². The van der Waals surface area contributed by atoms with Crippen molar-refractivity contribution in [2.45, 2.75) is 6.92 Å². The fourth-order valence-corrected chi connectivity index (χ4v) is 1.44. The highest BCUT2D eigenvalue weighted by Crippen LogP contribution is 2.10. The van der Waals surface area contributed by atoms with Crippen molar-refractivity contribution in [3.05, 3.63) is 18.2 Å². The third kappa shape index (κ3) is 7.93. The van der Waals surface area contributed by atoms with Gasteiger partial charge in [-0.1, -0.05) is 6.07 Å². The Morgan fingerprint density at radius 2 is 1.70 bits per heavy atom. The van der Waals surface area contributed by atoms with E-state index in [-0.39, 0.29) is 0 Å². The molecule has 114 valence electrons. The second-order valence-corrected chi connectivity index (χ2v) is 3.96. The van der Waals surface area contributed by atoms with Crippen molar-refractivity contribution >= 4 is 5.82 Å². The van der Waals surface area contributed by atoms with E-state index in [1.165, 1.54) is 0 Å². The molecule has 1 aromatic heterocycles. The number of nitrogens with zero attached hydrogens (tertiary/aromatic N) is 1. The van der Waals surface area contributed by atoms with E-state index in [0.29, 0.717) is 45.5 Å². The molecule has 0 spiro atoms. The molecule has 1 aromatic rings. The van der Waals surface area contributed by atoms with Gasteiger partial charge in [-0.3, -0.25) is 0 Å². The molecule has 0 saturated heterocycles. The fourth-order valence-electron chi connectivity index (χ4n) is 1.44. The van der Waals surface area contributed by atoms with Crippen LogP contribution in [0.25, 0.3) is 0 Å². The molecule has 0 saturated carbocycles. The zero-order chi connectivity index (χ0) is 14.5. The van der Waals surface area contributed by atoms with Crippen LogP contribution in [-0.2, 0) is 14.2 Å². The van der Waals surface area contributed by atoms with E-state index in [2.05, 4.69) is 10.3 Å². The maximum absolute atomic E-state index is 5.50. The van der Waals surface area contributed by atoms with E-state index < -0.39 is 0 Å². The van der Waals surface area contributed by atoms with Crippen LogP contribution in [-0.4, -0.2) is 58.3 Å². The second kappa shape index (κ2) is 11.5. The Hall–Kier alpha value is -1.37. The fraction of sp³-hybridized carbons (Fsp3) is 0.643. The van der Waals surface area contributed by atoms with Gasteiger partial charge in [0.1, 0.15) is 12.4 Å². The van der Waals surface area contributed by atoms with Crippen molar-refractivity contribution in [3.8, 4) is 5.88 Å². The molecule has 0 amide bonds. The summed E-state index contributed by atoms with van der Waals surface area (Å²) in [5.74, 6) is 1.42. The van der Waals surface area contributed by atoms with Crippen LogP contribution < -0.4 is 10.1 Å². The maximum atomic E-state index is 5.50. The minimum absolute atomic E-state index is 0.473. The topological polar surface area (TPSA) is 61.8 Å². The van der Waals surface area contributed by atoms with E-state index in [1.807, 2.05) is 25.1 Å². The summed E-state index contributed by atoms with van der Waals surface area (Å²) in [6.07, 6.45) is 0. The first-order valence-corrected chi connectivity index (χ1v) is 6.85. The summed E-state index contributed by atoms with van der Waals surface area (Å²) in [6, 6.07) is 5.64. The maximum Gasteiger partial charge on any atom is 0.215 e. The predicted molar refractivity (Wildman–Crippen MR) is 77.4 cm³/mol. The van der Waals surface area contributed by atoms with Gasteiger partial charge >= 0.3 is 0 Å². The summed E-state index contributed by atoms with van der Waals surface area (Å²) in [5.41, 5.74) is 0. The molecule has 1 rings (SSSR count). The third-order valence-corrected chi connectivity index (χ3v) is 2.36. The molecule has 1 heterocycles. The molecule has 1 N–H and O–H groups in total. The van der Waals surface area contributed by atoms with E-state index in [1.54, 1.807) is 7.11 Å². The van der Waals surface area contributed by atoms with Crippen LogP contribution in [0.4, 0.5) is 5.82 Å². The Labute approximate surface area is 120 Å². The van der Waals surface area contributed by atoms with E-state index >= 15 is 0 Å². The van der Waals surface area contributed by atoms with E-state index in [4.69, 9.17) is 18.9 Å². The first-order chi connectivity index (χ1) is 9.86. The van der Waals surface area contributed by atoms with Crippen LogP contribution in [0.1, 0.15) is 6.92 Å². The summed E-state index contributed by atoms with van der Waals surface area (Å²) in [5, 5.41) is 3.13. The summed E-state index contributed by atoms with van der Waals surface area (Å²) in [7, 11) is 1.65. The number of methoxy groups -OCH3 is 1. The first-order valence-electron chi connectivity index (χ1n) is 6.85. The molecule has 20 heavy (non-hydrogen) atoms. The van der Waals surface area contributed by atoms with Gasteiger partial charge in [-0.25, -0.2) is 0 Å². The third-order valence-electron chi connectivity index (χ3n) is 2.36. The standard InChI is InChI=1S/C14H24N2O4/c1-3-15-13-5-4-6-14(16-13)20-12-11-19-10-9-18-8-7-17-2/h4-6H,3,7-12H2,1-2H3,(H,15,16). The molecule has 0 aliphatic rings. The summed E-state index contributed by atoms with van der Waals surface area (Å²) in [6.45, 7) is 6.17. The van der Waals surface area contributed by atoms with E-state index in [0.717, 1.165) is 12.4 Å². The van der Waals surface area contributed by atoms with Crippen molar-refractivity contribution < 1.29 is 18.9 Å². The Balaban J connectivity index is 2.02. The molecular weight excluding hydrogens is 260 g/mol. The lowest BCUT2D eigenvalue weighted by Gasteiger charge is -2.08. The molecule has 0 aliphatic carbocycles. The average Bonchev–Trinajstić information content (AvgIpc) is 2.46. The SMILES string of the molecule is CCNc1cccc(OCCOCCOCCOC)n1. The largest absolute Gasteiger partial charge is 0.475 e. The number of aromatic nitrogens is 1. The van der Waals surface area contributed by atoms with Crippen molar-refractivity contribution in [3.63, 3.8) is 0 Å². The molecule has 0 aromatic carbocycles. The highest BCUT2D eigenvalue weighted by molar-refractivity contribution is 5.36. The Bertz CT molecular complexity index is 350. The smallest absolute Gasteiger partial charge is 0.215 e. The molecule has 6 heteroatoms. The number of hydrogen-bond donors (Lipinski definition) is 1. The zero-order valence-corrected chi connectivity index (χ0v) is 12.3. The van der Waals surface area contributed by atoms with E-state index in [9.17, 15) is 0 Å². The van der Waals surface area contributed by atoms with Crippen LogP contribution in [0.15, 0.2) is 18.2 Å². The monoisotopic (exact) mass is 284 g/mol. The van der Waals surface area contributed by atoms with Crippen LogP contribution >= 0.6 is 0 Å². The minimum atomic E-state index is 0.473. The van der Waals surface area contributed by atoms with Gasteiger partial charge in [0.25, 0.3) is 0 Å². The summed E-state index contributed by atoms with van der Waals surface area (Å²) >= 11 is 0. The van der Waals surface area contributed by atoms with Crippen LogP contribution in [0.3, 0.4) is 0 Å². The lowest BCUT2D eigenvalue weighted by Crippen LogP contribution is -2.12. The van der Waals surface area contributed by atoms with Crippen LogP contribution in [0.2, 0.25) is 0 Å². The van der Waals surface area contributed by atoms with Crippen molar-refractivity contribution in [2.24, 2.45) is 0 Å². The lowest BCUT2D eigenvalue weighted by atomic mass is 10.4. The van der Waals surface area contributed by atoms with Crippen molar-refractivity contribution in [2.75, 3.05) is 58.6 Å². The second-order valence-electron chi connectivity index (χ2n) is 3.96. The number of nitrogens with one attached hydrogen (secondary N) is 1. The van der Waals surface area contributed by atoms with Gasteiger partial charge in [0.15, 0.2) is 0 Å². The first kappa shape index (κ1) is 16.7. The van der Waals surface area contributed by atoms with Crippen molar-refractivity contribution in [1.29, 1.82) is 0 Å². The quantitative estimate of drug-likeness (QED) is 0.588. The minimum Gasteiger partial charge on any atom is -0.475 e. The Morgan fingerprint density at radius 1 is 1.00 bits per heavy atom. The Morgan fingerprint density at radius 3 is 2.40 bits per heavy atom. The van der Waals surface area contributed by atoms with Gasteiger partial charge < -0.3 is 24.3 Å². The number of anilines is 1. The average molecular weight is 284 g/mol. The van der Waals surface area contributed by atoms with Gasteiger partial charge in [-0.15, -0.1) is 0 Å². The van der Waals surface area contributed by atoms with Crippen molar-refractivity contribution in [1.82, 2.24) is 4.98 Å². The molecule has 0 unspecified atom stereocenters. The normalized spacial score (nSPS) is 10.5. The number of rotatable bonds is 12. The number of pyridine rings is 1. The number of ether oxygens (including phenoxy) is 4. The molecule has 0 fully saturated rings. The molecule has 6 nitrogen and oxygen atoms in total. The Kier molecular flexibility index (Phi) is 9.56. The molecular formula is C14H24N2O4. The lowest BCUT2D eigenvalue weighted by molar-refractivity contribution is 0.0177. The van der Waals surface area contributed by atoms with Crippen LogP contribution in [0.5, 0.6) is 5.88 Å². The molecule has 0 atom stereocenters. The predicted octanol–water partition coefficient (Wildman–Crippen LogP) is 1.57.